The van der Waals surface area contributed by atoms with Crippen molar-refractivity contribution in [1.82, 2.24) is 0 Å². The molecule has 3 aromatic carbocycles. The highest BCUT2D eigenvalue weighted by molar-refractivity contribution is 6.36. The van der Waals surface area contributed by atoms with E-state index in [9.17, 15) is 14.7 Å². The van der Waals surface area contributed by atoms with E-state index in [2.05, 4.69) is 0 Å². The van der Waals surface area contributed by atoms with E-state index in [0.29, 0.717) is 59.0 Å². The molecule has 1 atom stereocenters. The zero-order valence-corrected chi connectivity index (χ0v) is 25.2. The summed E-state index contributed by atoms with van der Waals surface area (Å²) in [6, 6.07) is 7.97. The van der Waals surface area contributed by atoms with Gasteiger partial charge >= 0.3 is 5.97 Å². The van der Waals surface area contributed by atoms with Gasteiger partial charge in [0.1, 0.15) is 0 Å². The summed E-state index contributed by atoms with van der Waals surface area (Å²) >= 11 is 12.6. The Morgan fingerprint density at radius 1 is 1.10 bits per heavy atom. The highest BCUT2D eigenvalue weighted by Crippen LogP contribution is 2.48. The fourth-order valence-electron chi connectivity index (χ4n) is 5.86. The van der Waals surface area contributed by atoms with Gasteiger partial charge in [-0.15, -0.1) is 0 Å². The molecule has 9 heteroatoms. The number of anilines is 1. The van der Waals surface area contributed by atoms with Crippen LogP contribution in [0.3, 0.4) is 0 Å². The summed E-state index contributed by atoms with van der Waals surface area (Å²) in [7, 11) is 0. The van der Waals surface area contributed by atoms with Gasteiger partial charge in [0.15, 0.2) is 17.7 Å². The van der Waals surface area contributed by atoms with Crippen LogP contribution in [0.2, 0.25) is 10.0 Å². The second kappa shape index (κ2) is 10.9. The van der Waals surface area contributed by atoms with Gasteiger partial charge < -0.3 is 19.5 Å². The largest absolute Gasteiger partial charge is 0.490 e. The Kier molecular flexibility index (Phi) is 7.83. The van der Waals surface area contributed by atoms with Gasteiger partial charge in [-0.1, -0.05) is 23.2 Å². The van der Waals surface area contributed by atoms with Gasteiger partial charge in [0.2, 0.25) is 0 Å². The molecule has 2 aliphatic heterocycles. The number of carbonyl (C=O) groups excluding carboxylic acids is 1. The highest BCUT2D eigenvalue weighted by Gasteiger charge is 2.37. The fourth-order valence-corrected chi connectivity index (χ4v) is 6.23. The summed E-state index contributed by atoms with van der Waals surface area (Å²) in [5.41, 5.74) is 4.65. The number of rotatable bonds is 5. The molecule has 1 amide bonds. The Morgan fingerprint density at radius 2 is 1.83 bits per heavy atom. The maximum Gasteiger partial charge on any atom is 0.337 e. The summed E-state index contributed by atoms with van der Waals surface area (Å²) < 4.78 is 27.3. The van der Waals surface area contributed by atoms with Crippen LogP contribution < -0.4 is 9.64 Å². The first kappa shape index (κ1) is 29.4. The lowest BCUT2D eigenvalue weighted by atomic mass is 9.83. The third kappa shape index (κ3) is 5.43. The summed E-state index contributed by atoms with van der Waals surface area (Å²) in [4.78, 5) is 28.1. The van der Waals surface area contributed by atoms with Gasteiger partial charge in [-0.3, -0.25) is 4.79 Å². The number of benzene rings is 3. The minimum Gasteiger partial charge on any atom is -0.490 e. The number of ether oxygens (including phenoxy) is 2. The van der Waals surface area contributed by atoms with Crippen molar-refractivity contribution < 1.29 is 28.6 Å². The van der Waals surface area contributed by atoms with Crippen LogP contribution in [0.15, 0.2) is 30.3 Å². The van der Waals surface area contributed by atoms with E-state index in [1.54, 1.807) is 44.7 Å². The maximum absolute atomic E-state index is 15.6. The lowest BCUT2D eigenvalue weighted by molar-refractivity contribution is -0.160. The van der Waals surface area contributed by atoms with Crippen LogP contribution in [0, 0.1) is 19.7 Å². The third-order valence-corrected chi connectivity index (χ3v) is 8.17. The van der Waals surface area contributed by atoms with Crippen molar-refractivity contribution in [2.45, 2.75) is 65.6 Å². The molecule has 0 aromatic heterocycles. The molecule has 41 heavy (non-hydrogen) atoms. The molecule has 6 nitrogen and oxygen atoms in total. The number of halogens is 3. The van der Waals surface area contributed by atoms with E-state index in [-0.39, 0.29) is 22.2 Å². The normalized spacial score (nSPS) is 15.3. The molecule has 0 fully saturated rings. The van der Waals surface area contributed by atoms with Crippen LogP contribution in [0.5, 0.6) is 5.75 Å². The Bertz CT molecular complexity index is 1580. The molecule has 2 heterocycles. The quantitative estimate of drug-likeness (QED) is 0.323. The molecular weight excluding hydrogens is 568 g/mol. The number of fused-ring (bicyclic) bond motifs is 2. The van der Waals surface area contributed by atoms with Crippen LogP contribution in [0.1, 0.15) is 71.5 Å². The first-order chi connectivity index (χ1) is 19.3. The van der Waals surface area contributed by atoms with Crippen molar-refractivity contribution in [2.75, 3.05) is 18.1 Å². The predicted molar refractivity (Wildman–Crippen MR) is 158 cm³/mol. The van der Waals surface area contributed by atoms with Crippen molar-refractivity contribution in [3.63, 3.8) is 0 Å². The Morgan fingerprint density at radius 3 is 2.51 bits per heavy atom. The van der Waals surface area contributed by atoms with Gasteiger partial charge in [0, 0.05) is 28.4 Å². The number of aliphatic carboxylic acids is 1. The first-order valence-electron chi connectivity index (χ1n) is 13.6. The molecule has 3 aromatic rings. The minimum absolute atomic E-state index is 0.247. The van der Waals surface area contributed by atoms with Gasteiger partial charge in [0.25, 0.3) is 5.91 Å². The molecule has 0 saturated carbocycles. The van der Waals surface area contributed by atoms with Crippen LogP contribution in [-0.2, 0) is 22.4 Å². The van der Waals surface area contributed by atoms with E-state index >= 15 is 4.39 Å². The number of aryl methyl sites for hydroxylation is 1. The Hall–Kier alpha value is -3.13. The number of hydrogen-bond acceptors (Lipinski definition) is 4. The van der Waals surface area contributed by atoms with Gasteiger partial charge in [0.05, 0.1) is 22.8 Å². The lowest BCUT2D eigenvalue weighted by Crippen LogP contribution is -2.30. The van der Waals surface area contributed by atoms with E-state index in [1.165, 1.54) is 12.1 Å². The summed E-state index contributed by atoms with van der Waals surface area (Å²) in [5.74, 6) is -1.73. The fraction of sp³-hybridized carbons (Fsp3) is 0.375. The topological polar surface area (TPSA) is 76.1 Å². The van der Waals surface area contributed by atoms with Gasteiger partial charge in [-0.05, 0) is 112 Å². The molecule has 0 aliphatic carbocycles. The number of carboxylic acid groups (broad SMARTS) is 1. The SMILES string of the molecule is Cc1cc2c(c(-c3cc(F)c4c(c3C)CCCO4)c1C(OC(C)(C)C)C(=O)O)CCN2C(=O)c1cc(Cl)ccc1Cl. The Balaban J connectivity index is 1.78. The van der Waals surface area contributed by atoms with Gasteiger partial charge in [-0.2, -0.15) is 0 Å². The van der Waals surface area contributed by atoms with E-state index in [1.807, 2.05) is 13.0 Å². The van der Waals surface area contributed by atoms with E-state index < -0.39 is 23.5 Å². The van der Waals surface area contributed by atoms with Crippen molar-refractivity contribution in [1.29, 1.82) is 0 Å². The molecule has 216 valence electrons. The molecule has 0 saturated heterocycles. The predicted octanol–water partition coefficient (Wildman–Crippen LogP) is 7.89. The number of carbonyl (C=O) groups is 2. The second-order valence-corrected chi connectivity index (χ2v) is 12.4. The summed E-state index contributed by atoms with van der Waals surface area (Å²) in [6.45, 7) is 9.86. The standard InChI is InChI=1S/C32H32Cl2FNO5/c1-16-13-25-20(10-11-36(25)30(37)22-14-18(33)8-9-23(22)34)27(26(16)29(31(38)39)41-32(3,4)5)21-15-24(35)28-19(17(21)2)7-6-12-40-28/h8-9,13-15,29H,6-7,10-12H2,1-5H3,(H,38,39). The average Bonchev–Trinajstić information content (AvgIpc) is 3.32. The summed E-state index contributed by atoms with van der Waals surface area (Å²) in [6.07, 6.45) is 0.507. The number of amides is 1. The molecule has 1 unspecified atom stereocenters. The zero-order chi connectivity index (χ0) is 29.8. The van der Waals surface area contributed by atoms with E-state index in [0.717, 1.165) is 23.1 Å². The van der Waals surface area contributed by atoms with Crippen LogP contribution in [0.4, 0.5) is 10.1 Å². The highest BCUT2D eigenvalue weighted by atomic mass is 35.5. The van der Waals surface area contributed by atoms with Crippen LogP contribution in [0.25, 0.3) is 11.1 Å². The second-order valence-electron chi connectivity index (χ2n) is 11.5. The van der Waals surface area contributed by atoms with Gasteiger partial charge in [-0.25, -0.2) is 9.18 Å². The smallest absolute Gasteiger partial charge is 0.337 e. The van der Waals surface area contributed by atoms with Crippen molar-refractivity contribution in [2.24, 2.45) is 0 Å². The van der Waals surface area contributed by atoms with Crippen LogP contribution in [-0.4, -0.2) is 35.7 Å². The minimum atomic E-state index is -1.32. The lowest BCUT2D eigenvalue weighted by Gasteiger charge is -2.30. The monoisotopic (exact) mass is 599 g/mol. The maximum atomic E-state index is 15.6. The molecule has 0 radical (unpaired) electrons. The molecule has 1 N–H and O–H groups in total. The van der Waals surface area contributed by atoms with Crippen molar-refractivity contribution >= 4 is 40.8 Å². The Labute approximate surface area is 249 Å². The van der Waals surface area contributed by atoms with Crippen LogP contribution >= 0.6 is 23.2 Å². The summed E-state index contributed by atoms with van der Waals surface area (Å²) in [5, 5.41) is 11.0. The molecular formula is C32H32Cl2FNO5. The third-order valence-electron chi connectivity index (χ3n) is 7.60. The van der Waals surface area contributed by atoms with Crippen molar-refractivity contribution in [3.8, 4) is 16.9 Å². The molecule has 0 bridgehead atoms. The van der Waals surface area contributed by atoms with Crippen molar-refractivity contribution in [3.05, 3.63) is 79.6 Å². The zero-order valence-electron chi connectivity index (χ0n) is 23.7. The molecule has 2 aliphatic rings. The first-order valence-corrected chi connectivity index (χ1v) is 14.3. The molecule has 0 spiro atoms. The average molecular weight is 601 g/mol. The number of hydrogen-bond donors (Lipinski definition) is 1. The number of nitrogens with zero attached hydrogens (tertiary/aromatic N) is 1. The number of carboxylic acids is 1. The van der Waals surface area contributed by atoms with E-state index in [4.69, 9.17) is 32.7 Å². The molecule has 5 rings (SSSR count).